The molecule has 1 aromatic carbocycles. The number of anilines is 1. The summed E-state index contributed by atoms with van der Waals surface area (Å²) in [4.78, 5) is 24.3. The third kappa shape index (κ3) is 3.15. The minimum Gasteiger partial charge on any atom is -0.320 e. The Morgan fingerprint density at radius 1 is 1.56 bits per heavy atom. The number of nitrogens with zero attached hydrogens (tertiary/aromatic N) is 1. The van der Waals surface area contributed by atoms with Crippen LogP contribution in [-0.4, -0.2) is 12.0 Å². The molecule has 16 heavy (non-hydrogen) atoms. The van der Waals surface area contributed by atoms with Gasteiger partial charge in [-0.15, -0.1) is 0 Å². The summed E-state index contributed by atoms with van der Waals surface area (Å²) < 4.78 is 13.3. The summed E-state index contributed by atoms with van der Waals surface area (Å²) in [5.41, 5.74) is 0.185. The number of benzene rings is 1. The minimum absolute atomic E-state index is 0.0351. The number of carbonyl (C=O) groups is 1. The summed E-state index contributed by atoms with van der Waals surface area (Å²) in [6, 6.07) is 3.77. The standard InChI is InChI=1S/C11H9FN2O2/c1-2-3-11(16)14-10-5-4-8(13-7-15)6-9(10)12/h2-6H,1H3,(H,14,16)/b3-2+. The molecule has 5 heteroatoms. The molecule has 1 rings (SSSR count). The van der Waals surface area contributed by atoms with Gasteiger partial charge in [-0.1, -0.05) is 6.08 Å². The second-order valence-corrected chi connectivity index (χ2v) is 2.86. The van der Waals surface area contributed by atoms with E-state index in [1.54, 1.807) is 6.92 Å². The summed E-state index contributed by atoms with van der Waals surface area (Å²) in [5, 5.41) is 2.34. The molecule has 4 nitrogen and oxygen atoms in total. The van der Waals surface area contributed by atoms with Gasteiger partial charge in [-0.2, -0.15) is 4.99 Å². The first kappa shape index (κ1) is 11.8. The molecular formula is C11H9FN2O2. The highest BCUT2D eigenvalue weighted by Gasteiger charge is 2.05. The molecule has 82 valence electrons. The van der Waals surface area contributed by atoms with Crippen LogP contribution >= 0.6 is 0 Å². The molecule has 0 saturated heterocycles. The molecule has 0 radical (unpaired) electrons. The van der Waals surface area contributed by atoms with Crippen LogP contribution in [0.3, 0.4) is 0 Å². The lowest BCUT2D eigenvalue weighted by molar-refractivity contribution is -0.111. The van der Waals surface area contributed by atoms with Crippen molar-refractivity contribution in [3.8, 4) is 0 Å². The fourth-order valence-corrected chi connectivity index (χ4v) is 1.05. The molecular weight excluding hydrogens is 211 g/mol. The molecule has 1 amide bonds. The fourth-order valence-electron chi connectivity index (χ4n) is 1.05. The van der Waals surface area contributed by atoms with E-state index in [0.29, 0.717) is 0 Å². The number of nitrogens with one attached hydrogen (secondary N) is 1. The quantitative estimate of drug-likeness (QED) is 0.482. The van der Waals surface area contributed by atoms with Crippen molar-refractivity contribution in [2.45, 2.75) is 6.92 Å². The number of hydrogen-bond donors (Lipinski definition) is 1. The Balaban J connectivity index is 2.91. The summed E-state index contributed by atoms with van der Waals surface area (Å²) in [6.07, 6.45) is 4.12. The molecule has 0 atom stereocenters. The van der Waals surface area contributed by atoms with Crippen LogP contribution in [0, 0.1) is 5.82 Å². The molecule has 1 aromatic rings. The van der Waals surface area contributed by atoms with Gasteiger partial charge in [-0.3, -0.25) is 4.79 Å². The van der Waals surface area contributed by atoms with Crippen molar-refractivity contribution in [1.29, 1.82) is 0 Å². The summed E-state index contributed by atoms with van der Waals surface area (Å²) in [6.45, 7) is 1.68. The fraction of sp³-hybridized carbons (Fsp3) is 0.0909. The van der Waals surface area contributed by atoms with Crippen LogP contribution in [0.25, 0.3) is 0 Å². The maximum Gasteiger partial charge on any atom is 0.248 e. The van der Waals surface area contributed by atoms with Crippen molar-refractivity contribution >= 4 is 23.4 Å². The lowest BCUT2D eigenvalue weighted by Crippen LogP contribution is -2.08. The molecule has 0 unspecified atom stereocenters. The highest BCUT2D eigenvalue weighted by molar-refractivity contribution is 5.99. The van der Waals surface area contributed by atoms with E-state index >= 15 is 0 Å². The zero-order chi connectivity index (χ0) is 12.0. The Morgan fingerprint density at radius 2 is 2.31 bits per heavy atom. The zero-order valence-corrected chi connectivity index (χ0v) is 8.53. The number of halogens is 1. The Hall–Kier alpha value is -2.26. The van der Waals surface area contributed by atoms with Crippen LogP contribution in [0.2, 0.25) is 0 Å². The molecule has 0 aliphatic heterocycles. The summed E-state index contributed by atoms with van der Waals surface area (Å²) >= 11 is 0. The molecule has 0 aliphatic rings. The molecule has 0 bridgehead atoms. The van der Waals surface area contributed by atoms with Gasteiger partial charge in [-0.25, -0.2) is 9.18 Å². The largest absolute Gasteiger partial charge is 0.320 e. The normalized spacial score (nSPS) is 9.88. The first-order chi connectivity index (χ1) is 7.67. The van der Waals surface area contributed by atoms with Gasteiger partial charge in [0.2, 0.25) is 12.0 Å². The van der Waals surface area contributed by atoms with Gasteiger partial charge in [0.05, 0.1) is 11.4 Å². The third-order valence-corrected chi connectivity index (χ3v) is 1.70. The number of aliphatic imine (C=N–C) groups is 1. The highest BCUT2D eigenvalue weighted by Crippen LogP contribution is 2.20. The first-order valence-corrected chi connectivity index (χ1v) is 4.48. The molecule has 0 saturated carbocycles. The minimum atomic E-state index is -0.658. The van der Waals surface area contributed by atoms with Gasteiger partial charge < -0.3 is 5.32 Å². The van der Waals surface area contributed by atoms with E-state index in [4.69, 9.17) is 0 Å². The number of isocyanates is 1. The number of allylic oxidation sites excluding steroid dienone is 1. The molecule has 0 fully saturated rings. The Kier molecular flexibility index (Phi) is 4.12. The van der Waals surface area contributed by atoms with Gasteiger partial charge in [0, 0.05) is 6.07 Å². The average molecular weight is 220 g/mol. The van der Waals surface area contributed by atoms with Crippen molar-refractivity contribution in [2.75, 3.05) is 5.32 Å². The van der Waals surface area contributed by atoms with Gasteiger partial charge in [0.25, 0.3) is 0 Å². The number of hydrogen-bond acceptors (Lipinski definition) is 3. The SMILES string of the molecule is C/C=C/C(=O)Nc1ccc(N=C=O)cc1F. The average Bonchev–Trinajstić information content (AvgIpc) is 2.23. The van der Waals surface area contributed by atoms with Crippen LogP contribution in [0.1, 0.15) is 6.92 Å². The first-order valence-electron chi connectivity index (χ1n) is 4.48. The molecule has 1 N–H and O–H groups in total. The van der Waals surface area contributed by atoms with E-state index < -0.39 is 11.7 Å². The van der Waals surface area contributed by atoms with Crippen LogP contribution in [-0.2, 0) is 9.59 Å². The Labute approximate surface area is 91.5 Å². The second-order valence-electron chi connectivity index (χ2n) is 2.86. The lowest BCUT2D eigenvalue weighted by Gasteiger charge is -2.03. The van der Waals surface area contributed by atoms with Gasteiger partial charge in [-0.05, 0) is 25.1 Å². The molecule has 0 aliphatic carbocycles. The van der Waals surface area contributed by atoms with Gasteiger partial charge >= 0.3 is 0 Å². The predicted molar refractivity (Wildman–Crippen MR) is 57.6 cm³/mol. The van der Waals surface area contributed by atoms with Crippen LogP contribution < -0.4 is 5.32 Å². The van der Waals surface area contributed by atoms with E-state index in [9.17, 15) is 14.0 Å². The van der Waals surface area contributed by atoms with Crippen LogP contribution in [0.15, 0.2) is 35.3 Å². The summed E-state index contributed by atoms with van der Waals surface area (Å²) in [7, 11) is 0. The molecule has 0 spiro atoms. The van der Waals surface area contributed by atoms with E-state index in [2.05, 4.69) is 10.3 Å². The summed E-state index contributed by atoms with van der Waals surface area (Å²) in [5.74, 6) is -1.08. The van der Waals surface area contributed by atoms with Crippen molar-refractivity contribution in [2.24, 2.45) is 4.99 Å². The number of carbonyl (C=O) groups excluding carboxylic acids is 2. The van der Waals surface area contributed by atoms with Gasteiger partial charge in [0.15, 0.2) is 0 Å². The smallest absolute Gasteiger partial charge is 0.248 e. The predicted octanol–water partition coefficient (Wildman–Crippen LogP) is 2.31. The number of amides is 1. The Morgan fingerprint density at radius 3 is 2.88 bits per heavy atom. The van der Waals surface area contributed by atoms with Crippen molar-refractivity contribution in [3.63, 3.8) is 0 Å². The van der Waals surface area contributed by atoms with Crippen molar-refractivity contribution < 1.29 is 14.0 Å². The third-order valence-electron chi connectivity index (χ3n) is 1.70. The maximum atomic E-state index is 13.3. The molecule has 0 aromatic heterocycles. The molecule has 0 heterocycles. The topological polar surface area (TPSA) is 58.5 Å². The van der Waals surface area contributed by atoms with Crippen LogP contribution in [0.4, 0.5) is 15.8 Å². The maximum absolute atomic E-state index is 13.3. The van der Waals surface area contributed by atoms with E-state index in [1.165, 1.54) is 30.4 Å². The van der Waals surface area contributed by atoms with E-state index in [0.717, 1.165) is 6.07 Å². The van der Waals surface area contributed by atoms with E-state index in [-0.39, 0.29) is 11.4 Å². The Bertz CT molecular complexity index is 477. The van der Waals surface area contributed by atoms with Crippen molar-refractivity contribution in [1.82, 2.24) is 0 Å². The van der Waals surface area contributed by atoms with Gasteiger partial charge in [0.1, 0.15) is 5.82 Å². The monoisotopic (exact) mass is 220 g/mol. The van der Waals surface area contributed by atoms with Crippen LogP contribution in [0.5, 0.6) is 0 Å². The number of rotatable bonds is 3. The zero-order valence-electron chi connectivity index (χ0n) is 8.53. The second kappa shape index (κ2) is 5.58. The lowest BCUT2D eigenvalue weighted by atomic mass is 10.2. The highest BCUT2D eigenvalue weighted by atomic mass is 19.1. The van der Waals surface area contributed by atoms with Crippen molar-refractivity contribution in [3.05, 3.63) is 36.2 Å². The van der Waals surface area contributed by atoms with E-state index in [1.807, 2.05) is 0 Å².